The molecule has 1 heterocycles. The average molecular weight is 364 g/mol. The van der Waals surface area contributed by atoms with Crippen molar-refractivity contribution < 1.29 is 9.84 Å². The Labute approximate surface area is 162 Å². The summed E-state index contributed by atoms with van der Waals surface area (Å²) >= 11 is 0. The van der Waals surface area contributed by atoms with E-state index in [1.165, 1.54) is 0 Å². The van der Waals surface area contributed by atoms with Crippen molar-refractivity contribution >= 4 is 0 Å². The van der Waals surface area contributed by atoms with Crippen LogP contribution in [0.3, 0.4) is 0 Å². The monoisotopic (exact) mass is 364 g/mol. The van der Waals surface area contributed by atoms with E-state index in [0.717, 1.165) is 50.0 Å². The van der Waals surface area contributed by atoms with E-state index in [1.54, 1.807) is 13.2 Å². The number of nitriles is 1. The third-order valence-corrected chi connectivity index (χ3v) is 5.89. The second kappa shape index (κ2) is 8.45. The SMILES string of the molecule is COc1cc(CCN2CCC[C@H]([C@@](C)(C#N)c3ccccc3)C2)ccc1O. The van der Waals surface area contributed by atoms with Gasteiger partial charge in [-0.15, -0.1) is 0 Å². The van der Waals surface area contributed by atoms with Gasteiger partial charge in [0.1, 0.15) is 0 Å². The van der Waals surface area contributed by atoms with Crippen molar-refractivity contribution in [2.45, 2.75) is 31.6 Å². The van der Waals surface area contributed by atoms with Crippen LogP contribution < -0.4 is 4.74 Å². The molecule has 1 saturated heterocycles. The second-order valence-corrected chi connectivity index (χ2v) is 7.58. The van der Waals surface area contributed by atoms with Crippen LogP contribution >= 0.6 is 0 Å². The number of piperidine rings is 1. The molecule has 0 spiro atoms. The lowest BCUT2D eigenvalue weighted by Crippen LogP contribution is -2.44. The van der Waals surface area contributed by atoms with Gasteiger partial charge in [0.15, 0.2) is 11.5 Å². The van der Waals surface area contributed by atoms with Gasteiger partial charge in [-0.05, 0) is 61.9 Å². The quantitative estimate of drug-likeness (QED) is 0.837. The number of likely N-dealkylation sites (tertiary alicyclic amines) is 1. The topological polar surface area (TPSA) is 56.5 Å². The zero-order valence-electron chi connectivity index (χ0n) is 16.2. The summed E-state index contributed by atoms with van der Waals surface area (Å²) in [6.07, 6.45) is 3.11. The van der Waals surface area contributed by atoms with Crippen molar-refractivity contribution in [3.05, 3.63) is 59.7 Å². The molecule has 3 rings (SSSR count). The Morgan fingerprint density at radius 1 is 1.26 bits per heavy atom. The van der Waals surface area contributed by atoms with Crippen LogP contribution in [-0.4, -0.2) is 36.8 Å². The van der Waals surface area contributed by atoms with Gasteiger partial charge in [-0.25, -0.2) is 0 Å². The summed E-state index contributed by atoms with van der Waals surface area (Å²) in [4.78, 5) is 2.46. The zero-order valence-corrected chi connectivity index (χ0v) is 16.2. The summed E-state index contributed by atoms with van der Waals surface area (Å²) in [6.45, 7) is 5.04. The minimum atomic E-state index is -0.457. The normalized spacial score (nSPS) is 19.8. The molecule has 0 saturated carbocycles. The van der Waals surface area contributed by atoms with Crippen LogP contribution in [0.4, 0.5) is 0 Å². The fraction of sp³-hybridized carbons (Fsp3) is 0.435. The summed E-state index contributed by atoms with van der Waals surface area (Å²) < 4.78 is 5.20. The summed E-state index contributed by atoms with van der Waals surface area (Å²) in [5.41, 5.74) is 1.81. The smallest absolute Gasteiger partial charge is 0.160 e. The number of phenols is 1. The van der Waals surface area contributed by atoms with E-state index in [2.05, 4.69) is 30.0 Å². The molecule has 0 unspecified atom stereocenters. The largest absolute Gasteiger partial charge is 0.504 e. The molecule has 2 aromatic rings. The number of nitrogens with zero attached hydrogens (tertiary/aromatic N) is 2. The molecule has 2 aromatic carbocycles. The Bertz CT molecular complexity index is 800. The summed E-state index contributed by atoms with van der Waals surface area (Å²) in [7, 11) is 1.57. The lowest BCUT2D eigenvalue weighted by atomic mass is 9.70. The van der Waals surface area contributed by atoms with Crippen molar-refractivity contribution in [1.29, 1.82) is 5.26 Å². The molecule has 0 amide bonds. The molecule has 0 radical (unpaired) electrons. The Hall–Kier alpha value is -2.51. The van der Waals surface area contributed by atoms with Gasteiger partial charge in [0.25, 0.3) is 0 Å². The molecule has 4 nitrogen and oxygen atoms in total. The van der Waals surface area contributed by atoms with E-state index < -0.39 is 5.41 Å². The second-order valence-electron chi connectivity index (χ2n) is 7.58. The number of methoxy groups -OCH3 is 1. The standard InChI is InChI=1S/C23H28N2O2/c1-23(17-24,19-7-4-3-5-8-19)20-9-6-13-25(16-20)14-12-18-10-11-21(26)22(15-18)27-2/h3-5,7-8,10-11,15,20,26H,6,9,12-14,16H2,1-2H3/t20-,23-/m0/s1. The van der Waals surface area contributed by atoms with Gasteiger partial charge in [-0.1, -0.05) is 36.4 Å². The molecule has 1 fully saturated rings. The first-order valence-electron chi connectivity index (χ1n) is 9.62. The number of rotatable bonds is 6. The molecular weight excluding hydrogens is 336 g/mol. The van der Waals surface area contributed by atoms with Crippen LogP contribution in [0.15, 0.2) is 48.5 Å². The summed E-state index contributed by atoms with van der Waals surface area (Å²) in [5, 5.41) is 19.7. The van der Waals surface area contributed by atoms with Gasteiger partial charge in [0.05, 0.1) is 18.6 Å². The molecule has 1 N–H and O–H groups in total. The Morgan fingerprint density at radius 2 is 2.04 bits per heavy atom. The van der Waals surface area contributed by atoms with Crippen LogP contribution in [0.25, 0.3) is 0 Å². The molecule has 0 aromatic heterocycles. The molecule has 2 atom stereocenters. The number of hydrogen-bond acceptors (Lipinski definition) is 4. The Morgan fingerprint density at radius 3 is 2.74 bits per heavy atom. The minimum absolute atomic E-state index is 0.173. The summed E-state index contributed by atoms with van der Waals surface area (Å²) in [6, 6.07) is 18.3. The first kappa shape index (κ1) is 19.3. The van der Waals surface area contributed by atoms with E-state index in [0.29, 0.717) is 11.7 Å². The maximum absolute atomic E-state index is 9.96. The van der Waals surface area contributed by atoms with Crippen molar-refractivity contribution in [1.82, 2.24) is 4.90 Å². The minimum Gasteiger partial charge on any atom is -0.504 e. The van der Waals surface area contributed by atoms with Crippen molar-refractivity contribution in [2.24, 2.45) is 5.92 Å². The van der Waals surface area contributed by atoms with Crippen LogP contribution in [0.1, 0.15) is 30.9 Å². The average Bonchev–Trinajstić information content (AvgIpc) is 2.73. The number of ether oxygens (including phenoxy) is 1. The highest BCUT2D eigenvalue weighted by molar-refractivity contribution is 5.41. The predicted molar refractivity (Wildman–Crippen MR) is 107 cm³/mol. The van der Waals surface area contributed by atoms with Crippen LogP contribution in [0.5, 0.6) is 11.5 Å². The fourth-order valence-electron chi connectivity index (χ4n) is 4.07. The van der Waals surface area contributed by atoms with Gasteiger partial charge < -0.3 is 14.7 Å². The van der Waals surface area contributed by atoms with E-state index >= 15 is 0 Å². The highest BCUT2D eigenvalue weighted by Crippen LogP contribution is 2.37. The lowest BCUT2D eigenvalue weighted by Gasteiger charge is -2.40. The van der Waals surface area contributed by atoms with Gasteiger partial charge in [-0.3, -0.25) is 0 Å². The van der Waals surface area contributed by atoms with Crippen molar-refractivity contribution in [3.8, 4) is 17.6 Å². The van der Waals surface area contributed by atoms with Crippen LogP contribution in [0.2, 0.25) is 0 Å². The lowest BCUT2D eigenvalue weighted by molar-refractivity contribution is 0.142. The molecule has 27 heavy (non-hydrogen) atoms. The molecule has 1 aliphatic rings. The third kappa shape index (κ3) is 4.26. The third-order valence-electron chi connectivity index (χ3n) is 5.89. The first-order valence-corrected chi connectivity index (χ1v) is 9.62. The number of hydrogen-bond donors (Lipinski definition) is 1. The maximum atomic E-state index is 9.96. The highest BCUT2D eigenvalue weighted by atomic mass is 16.5. The highest BCUT2D eigenvalue weighted by Gasteiger charge is 2.38. The van der Waals surface area contributed by atoms with E-state index in [4.69, 9.17) is 4.74 Å². The molecular formula is C23H28N2O2. The van der Waals surface area contributed by atoms with Gasteiger partial charge >= 0.3 is 0 Å². The van der Waals surface area contributed by atoms with Gasteiger partial charge in [-0.2, -0.15) is 5.26 Å². The molecule has 4 heteroatoms. The van der Waals surface area contributed by atoms with E-state index in [-0.39, 0.29) is 5.75 Å². The number of phenolic OH excluding ortho intramolecular Hbond substituents is 1. The summed E-state index contributed by atoms with van der Waals surface area (Å²) in [5.74, 6) is 1.02. The maximum Gasteiger partial charge on any atom is 0.160 e. The molecule has 0 bridgehead atoms. The van der Waals surface area contributed by atoms with Crippen LogP contribution in [0, 0.1) is 17.2 Å². The van der Waals surface area contributed by atoms with Crippen LogP contribution in [-0.2, 0) is 11.8 Å². The number of benzene rings is 2. The van der Waals surface area contributed by atoms with Gasteiger partial charge in [0.2, 0.25) is 0 Å². The van der Waals surface area contributed by atoms with Crippen molar-refractivity contribution in [2.75, 3.05) is 26.7 Å². The first-order chi connectivity index (χ1) is 13.1. The predicted octanol–water partition coefficient (Wildman–Crippen LogP) is 4.14. The van der Waals surface area contributed by atoms with Crippen molar-refractivity contribution in [3.63, 3.8) is 0 Å². The molecule has 0 aliphatic carbocycles. The fourth-order valence-corrected chi connectivity index (χ4v) is 4.07. The molecule has 142 valence electrons. The van der Waals surface area contributed by atoms with Gasteiger partial charge in [0, 0.05) is 13.1 Å². The van der Waals surface area contributed by atoms with E-state index in [1.807, 2.05) is 30.3 Å². The number of aromatic hydroxyl groups is 1. The Kier molecular flexibility index (Phi) is 6.03. The zero-order chi connectivity index (χ0) is 19.3. The molecule has 1 aliphatic heterocycles. The van der Waals surface area contributed by atoms with E-state index in [9.17, 15) is 10.4 Å². The Balaban J connectivity index is 1.66.